The second kappa shape index (κ2) is 23.1. The third-order valence-corrected chi connectivity index (χ3v) is 13.5. The molecule has 0 aromatic heterocycles. The van der Waals surface area contributed by atoms with Gasteiger partial charge in [-0.1, -0.05) is 68.4 Å². The van der Waals surface area contributed by atoms with E-state index in [0.717, 1.165) is 16.7 Å². The van der Waals surface area contributed by atoms with Crippen molar-refractivity contribution in [2.24, 2.45) is 10.9 Å². The molecule has 2 amide bonds. The van der Waals surface area contributed by atoms with Crippen LogP contribution in [0.3, 0.4) is 0 Å². The summed E-state index contributed by atoms with van der Waals surface area (Å²) >= 11 is 0. The third kappa shape index (κ3) is 11.5. The fourth-order valence-corrected chi connectivity index (χ4v) is 10.0. The third-order valence-electron chi connectivity index (χ3n) is 11.4. The molecule has 3 aromatic rings. The summed E-state index contributed by atoms with van der Waals surface area (Å²) in [6.07, 6.45) is -3.30. The van der Waals surface area contributed by atoms with E-state index < -0.39 is 57.2 Å². The van der Waals surface area contributed by atoms with Crippen LogP contribution in [0, 0.1) is 17.2 Å². The second-order valence-electron chi connectivity index (χ2n) is 16.7. The Kier molecular flexibility index (Phi) is 17.7. The van der Waals surface area contributed by atoms with Crippen molar-refractivity contribution < 1.29 is 47.1 Å². The van der Waals surface area contributed by atoms with Crippen molar-refractivity contribution in [2.45, 2.75) is 109 Å². The van der Waals surface area contributed by atoms with Gasteiger partial charge in [0.2, 0.25) is 5.91 Å². The second-order valence-corrected chi connectivity index (χ2v) is 18.1. The fraction of sp³-hybridized carbons (Fsp3) is 0.532. The van der Waals surface area contributed by atoms with Gasteiger partial charge in [-0.15, -0.1) is 0 Å². The van der Waals surface area contributed by atoms with E-state index in [0.29, 0.717) is 11.5 Å². The standard InChI is InChI=1S/C47H64N7O10P/c1-30(2)43(55)51-46-50-42-39(44(56)52-46)49-29-53(42)45-41(60-27-26-57-7)40(64-65(62-25-13-24-48)54(31(3)4)32(5)6)38(63-45)28-61-47(33-14-11-10-12-15-33,34-16-20-36(58-8)21-17-34)35-18-22-37(59-9)23-19-35/h10-12,14-23,29-32,38-42,45-46,50H,13,25-28H2,1-9H3,(H,51,55)(H,52,56)/t38-,39?,40-,41-,42?,45-,46?,65?/m1/s1. The Labute approximate surface area is 384 Å². The zero-order valence-corrected chi connectivity index (χ0v) is 39.6. The van der Waals surface area contributed by atoms with E-state index in [1.54, 1.807) is 41.5 Å². The number of rotatable bonds is 23. The molecular weight excluding hydrogens is 854 g/mol. The lowest BCUT2D eigenvalue weighted by molar-refractivity contribution is -0.137. The van der Waals surface area contributed by atoms with E-state index in [1.807, 2.05) is 83.8 Å². The fourth-order valence-electron chi connectivity index (χ4n) is 8.24. The van der Waals surface area contributed by atoms with Crippen LogP contribution in [0.1, 0.15) is 64.7 Å². The van der Waals surface area contributed by atoms with Crippen molar-refractivity contribution in [1.82, 2.24) is 25.5 Å². The van der Waals surface area contributed by atoms with Crippen molar-refractivity contribution >= 4 is 26.7 Å². The summed E-state index contributed by atoms with van der Waals surface area (Å²) in [7, 11) is 3.02. The molecule has 17 nitrogen and oxygen atoms in total. The summed E-state index contributed by atoms with van der Waals surface area (Å²) in [5, 5.41) is 18.6. The molecule has 352 valence electrons. The number of methoxy groups -OCH3 is 3. The molecule has 18 heteroatoms. The van der Waals surface area contributed by atoms with Crippen LogP contribution in [0.5, 0.6) is 11.5 Å². The lowest BCUT2D eigenvalue weighted by atomic mass is 9.80. The van der Waals surface area contributed by atoms with Gasteiger partial charge in [0, 0.05) is 25.1 Å². The average molecular weight is 918 g/mol. The summed E-state index contributed by atoms with van der Waals surface area (Å²) in [4.78, 5) is 32.8. The summed E-state index contributed by atoms with van der Waals surface area (Å²) in [6, 6.07) is 26.8. The number of hydrogen-bond acceptors (Lipinski definition) is 15. The van der Waals surface area contributed by atoms with Crippen molar-refractivity contribution in [1.29, 1.82) is 5.26 Å². The Morgan fingerprint density at radius 2 is 1.51 bits per heavy atom. The van der Waals surface area contributed by atoms with Crippen LogP contribution >= 0.6 is 8.53 Å². The topological polar surface area (TPSA) is 187 Å². The van der Waals surface area contributed by atoms with E-state index in [1.165, 1.54) is 0 Å². The molecular formula is C47H64N7O10P. The number of nitrogens with one attached hydrogen (secondary N) is 3. The lowest BCUT2D eigenvalue weighted by Crippen LogP contribution is -2.72. The van der Waals surface area contributed by atoms with Crippen LogP contribution < -0.4 is 25.4 Å². The molecule has 0 aliphatic carbocycles. The van der Waals surface area contributed by atoms with E-state index in [9.17, 15) is 14.9 Å². The molecule has 65 heavy (non-hydrogen) atoms. The maximum absolute atomic E-state index is 13.6. The average Bonchev–Trinajstić information content (AvgIpc) is 3.88. The molecule has 0 bridgehead atoms. The number of carbonyl (C=O) groups excluding carboxylic acids is 2. The van der Waals surface area contributed by atoms with Crippen molar-refractivity contribution in [3.8, 4) is 17.6 Å². The van der Waals surface area contributed by atoms with Crippen LogP contribution in [0.2, 0.25) is 0 Å². The normalized spacial score (nSPS) is 23.5. The zero-order valence-electron chi connectivity index (χ0n) is 38.7. The number of nitrogens with zero attached hydrogens (tertiary/aromatic N) is 4. The Balaban J connectivity index is 1.47. The minimum atomic E-state index is -1.83. The van der Waals surface area contributed by atoms with Crippen LogP contribution in [0.4, 0.5) is 0 Å². The van der Waals surface area contributed by atoms with Gasteiger partial charge in [0.25, 0.3) is 14.4 Å². The largest absolute Gasteiger partial charge is 0.497 e. The van der Waals surface area contributed by atoms with Crippen molar-refractivity contribution in [3.05, 3.63) is 95.6 Å². The van der Waals surface area contributed by atoms with E-state index in [4.69, 9.17) is 37.5 Å². The summed E-state index contributed by atoms with van der Waals surface area (Å²) in [5.74, 6) is 0.439. The first-order valence-corrected chi connectivity index (χ1v) is 23.2. The number of aliphatic imine (C=N–C) groups is 1. The van der Waals surface area contributed by atoms with Crippen LogP contribution in [-0.4, -0.2) is 131 Å². The number of nitriles is 1. The zero-order chi connectivity index (χ0) is 46.7. The van der Waals surface area contributed by atoms with Crippen LogP contribution in [-0.2, 0) is 43.2 Å². The first-order valence-electron chi connectivity index (χ1n) is 22.0. The molecule has 8 atom stereocenters. The monoisotopic (exact) mass is 917 g/mol. The lowest BCUT2D eigenvalue weighted by Gasteiger charge is -2.41. The smallest absolute Gasteiger partial charge is 0.259 e. The van der Waals surface area contributed by atoms with Gasteiger partial charge in [-0.25, -0.2) is 4.67 Å². The van der Waals surface area contributed by atoms with Crippen LogP contribution in [0.25, 0.3) is 0 Å². The molecule has 0 spiro atoms. The molecule has 3 N–H and O–H groups in total. The Morgan fingerprint density at radius 1 is 0.892 bits per heavy atom. The molecule has 6 rings (SSSR count). The van der Waals surface area contributed by atoms with Crippen LogP contribution in [0.15, 0.2) is 83.9 Å². The summed E-state index contributed by atoms with van der Waals surface area (Å²) < 4.78 is 53.8. The molecule has 4 unspecified atom stereocenters. The molecule has 3 aromatic carbocycles. The van der Waals surface area contributed by atoms with Gasteiger partial charge < -0.3 is 53.0 Å². The highest BCUT2D eigenvalue weighted by Crippen LogP contribution is 2.51. The summed E-state index contributed by atoms with van der Waals surface area (Å²) in [6.45, 7) is 12.4. The molecule has 2 fully saturated rings. The predicted molar refractivity (Wildman–Crippen MR) is 245 cm³/mol. The van der Waals surface area contributed by atoms with Gasteiger partial charge in [0.15, 0.2) is 18.6 Å². The quantitative estimate of drug-likeness (QED) is 0.0637. The van der Waals surface area contributed by atoms with E-state index in [-0.39, 0.29) is 62.7 Å². The molecule has 3 heterocycles. The highest BCUT2D eigenvalue weighted by molar-refractivity contribution is 7.44. The molecule has 0 saturated carbocycles. The Hall–Kier alpha value is -4.73. The summed E-state index contributed by atoms with van der Waals surface area (Å²) in [5.41, 5.74) is 1.29. The SMILES string of the molecule is COCCO[C@@H]1[C@H](OP(OCCC#N)N(C(C)C)C(C)C)[C@@H](COC(c2ccccc2)(c2ccc(OC)cc2)c2ccc(OC)cc2)O[C@H]1N1C=NC2C(=O)NC(NC(=O)C(C)C)NC21. The molecule has 0 radical (unpaired) electrons. The number of carbonyl (C=O) groups is 2. The number of ether oxygens (including phenoxy) is 6. The highest BCUT2D eigenvalue weighted by atomic mass is 31.2. The van der Waals surface area contributed by atoms with Gasteiger partial charge in [0.05, 0.1) is 59.5 Å². The predicted octanol–water partition coefficient (Wildman–Crippen LogP) is 5.24. The number of amides is 2. The molecule has 2 saturated heterocycles. The number of fused-ring (bicyclic) bond motifs is 1. The van der Waals surface area contributed by atoms with Gasteiger partial charge in [-0.05, 0) is 68.7 Å². The minimum Gasteiger partial charge on any atom is -0.497 e. The number of benzene rings is 3. The highest BCUT2D eigenvalue weighted by Gasteiger charge is 2.56. The minimum absolute atomic E-state index is 0.00541. The maximum atomic E-state index is 13.6. The maximum Gasteiger partial charge on any atom is 0.259 e. The molecule has 3 aliphatic rings. The van der Waals surface area contributed by atoms with Gasteiger partial charge in [-0.2, -0.15) is 5.26 Å². The van der Waals surface area contributed by atoms with Gasteiger partial charge in [0.1, 0.15) is 41.6 Å². The van der Waals surface area contributed by atoms with E-state index >= 15 is 0 Å². The Morgan fingerprint density at radius 3 is 2.06 bits per heavy atom. The van der Waals surface area contributed by atoms with Crippen molar-refractivity contribution in [3.63, 3.8) is 0 Å². The van der Waals surface area contributed by atoms with Gasteiger partial charge >= 0.3 is 0 Å². The van der Waals surface area contributed by atoms with E-state index in [2.05, 4.69) is 59.4 Å². The first-order chi connectivity index (χ1) is 31.4. The van der Waals surface area contributed by atoms with Crippen molar-refractivity contribution in [2.75, 3.05) is 47.8 Å². The number of hydrogen-bond donors (Lipinski definition) is 3. The van der Waals surface area contributed by atoms with Gasteiger partial charge in [-0.3, -0.25) is 19.9 Å². The first kappa shape index (κ1) is 49.7. The Bertz CT molecular complexity index is 2000. The molecule has 3 aliphatic heterocycles.